The first-order valence-corrected chi connectivity index (χ1v) is 24.9. The number of hydrogen-bond donors (Lipinski definition) is 0. The van der Waals surface area contributed by atoms with Crippen molar-refractivity contribution in [2.24, 2.45) is 0 Å². The number of hydrogen-bond acceptors (Lipinski definition) is 0. The molecule has 0 fully saturated rings. The molecule has 2 heterocycles. The second-order valence-corrected chi connectivity index (χ2v) is 19.1. The Morgan fingerprint density at radius 3 is 0.847 bits per heavy atom. The standard InChI is InChI=1S/C70H44N2/c1-3-19-45(20-4-1)69-59-37-35-48(50-40-42-68(54-26-10-8-24-52(50)54)72-65-33-17-13-29-57(65)58-30-14-18-34-66(58)72)44-62(59)70(46-21-5-2-6-22-46)60-38-36-47(43-61(60)69)49-39-41-67(53-25-9-7-23-51(49)53)71-63-31-15-11-27-55(63)56-28-12-16-32-64(56)71/h1-44H. The molecule has 72 heavy (non-hydrogen) atoms. The van der Waals surface area contributed by atoms with Gasteiger partial charge in [0.25, 0.3) is 0 Å². The highest BCUT2D eigenvalue weighted by molar-refractivity contribution is 6.23. The van der Waals surface area contributed by atoms with Gasteiger partial charge in [0, 0.05) is 32.3 Å². The fourth-order valence-corrected chi connectivity index (χ4v) is 12.2. The lowest BCUT2D eigenvalue weighted by molar-refractivity contribution is 1.20. The summed E-state index contributed by atoms with van der Waals surface area (Å²) in [6, 6.07) is 98.7. The first kappa shape index (κ1) is 40.4. The quantitative estimate of drug-likeness (QED) is 0.147. The Bertz CT molecular complexity index is 4260. The van der Waals surface area contributed by atoms with Crippen LogP contribution in [0.5, 0.6) is 0 Å². The number of nitrogens with zero attached hydrogens (tertiary/aromatic N) is 2. The van der Waals surface area contributed by atoms with Crippen LogP contribution in [0.4, 0.5) is 0 Å². The van der Waals surface area contributed by atoms with E-state index in [1.807, 2.05) is 0 Å². The van der Waals surface area contributed by atoms with Crippen molar-refractivity contribution in [1.82, 2.24) is 9.13 Å². The van der Waals surface area contributed by atoms with Crippen LogP contribution in [0.25, 0.3) is 143 Å². The van der Waals surface area contributed by atoms with E-state index in [9.17, 15) is 0 Å². The Balaban J connectivity index is 0.962. The van der Waals surface area contributed by atoms with E-state index < -0.39 is 0 Å². The number of aromatic nitrogens is 2. The van der Waals surface area contributed by atoms with Crippen molar-refractivity contribution in [1.29, 1.82) is 0 Å². The van der Waals surface area contributed by atoms with Gasteiger partial charge >= 0.3 is 0 Å². The fourth-order valence-electron chi connectivity index (χ4n) is 12.2. The maximum absolute atomic E-state index is 2.46. The molecule has 0 amide bonds. The predicted octanol–water partition coefficient (Wildman–Crippen LogP) is 19.2. The molecule has 0 atom stereocenters. The Labute approximate surface area is 416 Å². The van der Waals surface area contributed by atoms with Gasteiger partial charge in [0.2, 0.25) is 0 Å². The second-order valence-electron chi connectivity index (χ2n) is 19.1. The highest BCUT2D eigenvalue weighted by atomic mass is 15.0. The zero-order valence-electron chi connectivity index (χ0n) is 39.3. The lowest BCUT2D eigenvalue weighted by Crippen LogP contribution is -1.97. The second kappa shape index (κ2) is 16.0. The van der Waals surface area contributed by atoms with Gasteiger partial charge in [-0.05, 0) is 125 Å². The van der Waals surface area contributed by atoms with Crippen molar-refractivity contribution in [3.8, 4) is 55.9 Å². The maximum Gasteiger partial charge on any atom is 0.0541 e. The zero-order valence-corrected chi connectivity index (χ0v) is 39.3. The normalized spacial score (nSPS) is 11.9. The fraction of sp³-hybridized carbons (Fsp3) is 0. The molecule has 2 heteroatoms. The Hall–Kier alpha value is -9.50. The average molecular weight is 913 g/mol. The summed E-state index contributed by atoms with van der Waals surface area (Å²) in [6.45, 7) is 0. The third-order valence-corrected chi connectivity index (χ3v) is 15.3. The molecule has 0 aliphatic rings. The van der Waals surface area contributed by atoms with Crippen LogP contribution in [0.3, 0.4) is 0 Å². The largest absolute Gasteiger partial charge is 0.309 e. The molecule has 0 radical (unpaired) electrons. The van der Waals surface area contributed by atoms with E-state index >= 15 is 0 Å². The summed E-state index contributed by atoms with van der Waals surface area (Å²) in [5.41, 5.74) is 16.9. The van der Waals surface area contributed by atoms with Crippen molar-refractivity contribution in [3.63, 3.8) is 0 Å². The number of rotatable bonds is 6. The maximum atomic E-state index is 2.46. The van der Waals surface area contributed by atoms with Crippen LogP contribution in [0.1, 0.15) is 0 Å². The van der Waals surface area contributed by atoms with Crippen LogP contribution < -0.4 is 0 Å². The van der Waals surface area contributed by atoms with Gasteiger partial charge in [-0.2, -0.15) is 0 Å². The number of benzene rings is 13. The van der Waals surface area contributed by atoms with Crippen LogP contribution >= 0.6 is 0 Å². The highest BCUT2D eigenvalue weighted by Crippen LogP contribution is 2.48. The minimum Gasteiger partial charge on any atom is -0.309 e. The first-order valence-electron chi connectivity index (χ1n) is 24.9. The molecule has 0 N–H and O–H groups in total. The summed E-state index contributed by atoms with van der Waals surface area (Å²) in [6.07, 6.45) is 0. The van der Waals surface area contributed by atoms with E-state index in [4.69, 9.17) is 0 Å². The molecular weight excluding hydrogens is 869 g/mol. The molecule has 0 unspecified atom stereocenters. The van der Waals surface area contributed by atoms with Crippen LogP contribution in [0, 0.1) is 0 Å². The molecule has 334 valence electrons. The van der Waals surface area contributed by atoms with Crippen LogP contribution in [0.15, 0.2) is 267 Å². The molecule has 0 bridgehead atoms. The number of para-hydroxylation sites is 4. The minimum atomic E-state index is 1.18. The summed E-state index contributed by atoms with van der Waals surface area (Å²) in [5.74, 6) is 0. The summed E-state index contributed by atoms with van der Waals surface area (Å²) in [5, 5.41) is 14.9. The van der Waals surface area contributed by atoms with Gasteiger partial charge in [0.15, 0.2) is 0 Å². The van der Waals surface area contributed by atoms with Gasteiger partial charge in [-0.1, -0.05) is 218 Å². The molecular formula is C70H44N2. The minimum absolute atomic E-state index is 1.18. The van der Waals surface area contributed by atoms with Gasteiger partial charge in [-0.3, -0.25) is 0 Å². The first-order chi connectivity index (χ1) is 35.8. The smallest absolute Gasteiger partial charge is 0.0541 e. The van der Waals surface area contributed by atoms with Gasteiger partial charge < -0.3 is 9.13 Å². The molecule has 2 aromatic heterocycles. The molecule has 13 aromatic carbocycles. The molecule has 2 nitrogen and oxygen atoms in total. The third kappa shape index (κ3) is 6.03. The van der Waals surface area contributed by atoms with Crippen molar-refractivity contribution in [2.45, 2.75) is 0 Å². The third-order valence-electron chi connectivity index (χ3n) is 15.3. The molecule has 15 aromatic rings. The molecule has 0 saturated heterocycles. The monoisotopic (exact) mass is 912 g/mol. The van der Waals surface area contributed by atoms with Crippen molar-refractivity contribution < 1.29 is 0 Å². The van der Waals surface area contributed by atoms with E-state index in [0.29, 0.717) is 0 Å². The summed E-state index contributed by atoms with van der Waals surface area (Å²) in [4.78, 5) is 0. The SMILES string of the molecule is c1ccc(-c2c3ccc(-c4ccc(-n5c6ccccc6c6ccccc65)c5ccccc45)cc3c(-c3ccccc3)c3ccc(-c4ccc(-n5c6ccccc6c6ccccc65)c5ccccc45)cc23)cc1. The van der Waals surface area contributed by atoms with Crippen molar-refractivity contribution >= 4 is 86.7 Å². The van der Waals surface area contributed by atoms with Crippen LogP contribution in [-0.4, -0.2) is 9.13 Å². The summed E-state index contributed by atoms with van der Waals surface area (Å²) >= 11 is 0. The van der Waals surface area contributed by atoms with Crippen LogP contribution in [0.2, 0.25) is 0 Å². The Kier molecular flexibility index (Phi) is 8.99. The molecule has 0 spiro atoms. The number of fused-ring (bicyclic) bond motifs is 10. The van der Waals surface area contributed by atoms with Gasteiger partial charge in [0.1, 0.15) is 0 Å². The molecule has 0 saturated carbocycles. The highest BCUT2D eigenvalue weighted by Gasteiger charge is 2.22. The van der Waals surface area contributed by atoms with E-state index in [0.717, 1.165) is 0 Å². The lowest BCUT2D eigenvalue weighted by atomic mass is 9.83. The summed E-state index contributed by atoms with van der Waals surface area (Å²) < 4.78 is 4.89. The Morgan fingerprint density at radius 2 is 0.486 bits per heavy atom. The predicted molar refractivity (Wildman–Crippen MR) is 307 cm³/mol. The van der Waals surface area contributed by atoms with E-state index in [1.54, 1.807) is 0 Å². The van der Waals surface area contributed by atoms with E-state index in [-0.39, 0.29) is 0 Å². The van der Waals surface area contributed by atoms with Gasteiger partial charge in [0.05, 0.1) is 33.4 Å². The van der Waals surface area contributed by atoms with Gasteiger partial charge in [-0.25, -0.2) is 0 Å². The van der Waals surface area contributed by atoms with Crippen LogP contribution in [-0.2, 0) is 0 Å². The van der Waals surface area contributed by atoms with Gasteiger partial charge in [-0.15, -0.1) is 0 Å². The average Bonchev–Trinajstić information content (AvgIpc) is 3.97. The van der Waals surface area contributed by atoms with E-state index in [2.05, 4.69) is 276 Å². The lowest BCUT2D eigenvalue weighted by Gasteiger charge is -2.21. The van der Waals surface area contributed by atoms with Crippen molar-refractivity contribution in [3.05, 3.63) is 267 Å². The topological polar surface area (TPSA) is 9.86 Å². The Morgan fingerprint density at radius 1 is 0.181 bits per heavy atom. The molecule has 0 aliphatic heterocycles. The summed E-state index contributed by atoms with van der Waals surface area (Å²) in [7, 11) is 0. The van der Waals surface area contributed by atoms with E-state index in [1.165, 1.54) is 143 Å². The molecule has 15 rings (SSSR count). The molecule has 0 aliphatic carbocycles. The van der Waals surface area contributed by atoms with Crippen molar-refractivity contribution in [2.75, 3.05) is 0 Å². The zero-order chi connectivity index (χ0) is 47.3.